The smallest absolute Gasteiger partial charge is 0.251 e. The van der Waals surface area contributed by atoms with Gasteiger partial charge < -0.3 is 9.88 Å². The Labute approximate surface area is 127 Å². The number of carbonyl (C=O) groups is 1. The van der Waals surface area contributed by atoms with E-state index in [1.54, 1.807) is 16.8 Å². The summed E-state index contributed by atoms with van der Waals surface area (Å²) in [4.78, 5) is 26.1. The average Bonchev–Trinajstić information content (AvgIpc) is 2.42. The molecule has 1 rings (SSSR count). The lowest BCUT2D eigenvalue weighted by Gasteiger charge is -2.30. The van der Waals surface area contributed by atoms with Gasteiger partial charge in [0, 0.05) is 49.5 Å². The Morgan fingerprint density at radius 1 is 1.29 bits per heavy atom. The molecule has 0 atom stereocenters. The maximum Gasteiger partial charge on any atom is 0.251 e. The molecule has 5 nitrogen and oxygen atoms in total. The molecule has 0 aliphatic heterocycles. The number of aromatic nitrogens is 1. The van der Waals surface area contributed by atoms with Crippen LogP contribution in [0.5, 0.6) is 0 Å². The molecule has 0 saturated carbocycles. The van der Waals surface area contributed by atoms with Gasteiger partial charge in [0.05, 0.1) is 0 Å². The average molecular weight is 293 g/mol. The van der Waals surface area contributed by atoms with Gasteiger partial charge in [0.1, 0.15) is 0 Å². The van der Waals surface area contributed by atoms with Crippen molar-refractivity contribution >= 4 is 5.91 Å². The molecule has 0 spiro atoms. The second-order valence-electron chi connectivity index (χ2n) is 5.72. The molecular weight excluding hydrogens is 266 g/mol. The Morgan fingerprint density at radius 3 is 2.38 bits per heavy atom. The van der Waals surface area contributed by atoms with Gasteiger partial charge in [0.15, 0.2) is 0 Å². The number of hydrogen-bond donors (Lipinski definition) is 1. The predicted molar refractivity (Wildman–Crippen MR) is 85.7 cm³/mol. The third-order valence-electron chi connectivity index (χ3n) is 3.58. The number of rotatable bonds is 7. The van der Waals surface area contributed by atoms with Crippen molar-refractivity contribution in [1.29, 1.82) is 0 Å². The fraction of sp³-hybridized carbons (Fsp3) is 0.625. The fourth-order valence-electron chi connectivity index (χ4n) is 2.42. The van der Waals surface area contributed by atoms with Crippen LogP contribution in [0.2, 0.25) is 0 Å². The molecular formula is C16H27N3O2. The van der Waals surface area contributed by atoms with Crippen molar-refractivity contribution in [2.24, 2.45) is 0 Å². The van der Waals surface area contributed by atoms with Crippen molar-refractivity contribution in [1.82, 2.24) is 14.8 Å². The van der Waals surface area contributed by atoms with Crippen molar-refractivity contribution in [2.45, 2.75) is 53.2 Å². The molecule has 1 aromatic rings. The van der Waals surface area contributed by atoms with Crippen molar-refractivity contribution in [3.8, 4) is 0 Å². The zero-order chi connectivity index (χ0) is 16.0. The maximum atomic E-state index is 12.0. The Bertz CT molecular complexity index is 512. The highest BCUT2D eigenvalue weighted by Gasteiger charge is 2.13. The molecule has 21 heavy (non-hydrogen) atoms. The van der Waals surface area contributed by atoms with Crippen LogP contribution in [0.15, 0.2) is 23.1 Å². The number of nitrogens with zero attached hydrogens (tertiary/aromatic N) is 2. The number of carbonyl (C=O) groups excluding carboxylic acids is 1. The maximum absolute atomic E-state index is 12.0. The van der Waals surface area contributed by atoms with E-state index >= 15 is 0 Å². The van der Waals surface area contributed by atoms with Crippen LogP contribution in [0.4, 0.5) is 0 Å². The highest BCUT2D eigenvalue weighted by Crippen LogP contribution is 2.03. The van der Waals surface area contributed by atoms with Crippen LogP contribution in [-0.4, -0.2) is 40.5 Å². The molecule has 0 bridgehead atoms. The highest BCUT2D eigenvalue weighted by molar-refractivity contribution is 5.93. The molecule has 1 N–H and O–H groups in total. The number of hydrogen-bond acceptors (Lipinski definition) is 3. The second-order valence-corrected chi connectivity index (χ2v) is 5.72. The van der Waals surface area contributed by atoms with Gasteiger partial charge >= 0.3 is 0 Å². The minimum absolute atomic E-state index is 0.142. The first-order chi connectivity index (χ1) is 9.86. The third kappa shape index (κ3) is 5.01. The Balaban J connectivity index is 2.58. The van der Waals surface area contributed by atoms with E-state index in [0.717, 1.165) is 6.54 Å². The lowest BCUT2D eigenvalue weighted by atomic mass is 10.2. The van der Waals surface area contributed by atoms with Gasteiger partial charge in [0.2, 0.25) is 0 Å². The Morgan fingerprint density at radius 2 is 1.90 bits per heavy atom. The van der Waals surface area contributed by atoms with Gasteiger partial charge in [-0.2, -0.15) is 0 Å². The molecule has 118 valence electrons. The third-order valence-corrected chi connectivity index (χ3v) is 3.58. The van der Waals surface area contributed by atoms with Crippen LogP contribution in [0.1, 0.15) is 45.0 Å². The van der Waals surface area contributed by atoms with Crippen molar-refractivity contribution in [3.05, 3.63) is 34.2 Å². The van der Waals surface area contributed by atoms with Crippen molar-refractivity contribution < 1.29 is 4.79 Å². The molecule has 0 aromatic carbocycles. The monoisotopic (exact) mass is 293 g/mol. The van der Waals surface area contributed by atoms with E-state index in [1.807, 2.05) is 6.92 Å². The summed E-state index contributed by atoms with van der Waals surface area (Å²) in [5, 5.41) is 2.88. The number of amides is 1. The predicted octanol–water partition coefficient (Wildman–Crippen LogP) is 1.72. The Kier molecular flexibility index (Phi) is 6.62. The molecule has 0 radical (unpaired) electrons. The SMILES string of the molecule is CCn1ccc(C(=O)NCCN(C(C)C)C(C)C)cc1=O. The number of aryl methyl sites for hydroxylation is 1. The molecule has 1 amide bonds. The first kappa shape index (κ1) is 17.4. The van der Waals surface area contributed by atoms with Gasteiger partial charge in [-0.05, 0) is 40.7 Å². The van der Waals surface area contributed by atoms with E-state index in [2.05, 4.69) is 37.9 Å². The van der Waals surface area contributed by atoms with Gasteiger partial charge in [-0.3, -0.25) is 14.5 Å². The first-order valence-electron chi connectivity index (χ1n) is 7.61. The summed E-state index contributed by atoms with van der Waals surface area (Å²) in [7, 11) is 0. The van der Waals surface area contributed by atoms with E-state index in [4.69, 9.17) is 0 Å². The topological polar surface area (TPSA) is 54.3 Å². The van der Waals surface area contributed by atoms with E-state index in [9.17, 15) is 9.59 Å². The molecule has 0 unspecified atom stereocenters. The van der Waals surface area contributed by atoms with E-state index in [1.165, 1.54) is 6.07 Å². The van der Waals surface area contributed by atoms with E-state index in [-0.39, 0.29) is 11.5 Å². The summed E-state index contributed by atoms with van der Waals surface area (Å²) in [6, 6.07) is 3.95. The van der Waals surface area contributed by atoms with E-state index < -0.39 is 0 Å². The first-order valence-corrected chi connectivity index (χ1v) is 7.61. The van der Waals surface area contributed by atoms with Gasteiger partial charge in [-0.25, -0.2) is 0 Å². The molecule has 0 saturated heterocycles. The summed E-state index contributed by atoms with van der Waals surface area (Å²) in [5.41, 5.74) is 0.279. The van der Waals surface area contributed by atoms with Crippen molar-refractivity contribution in [3.63, 3.8) is 0 Å². The standard InChI is InChI=1S/C16H27N3O2/c1-6-18-9-7-14(11-15(18)20)16(21)17-8-10-19(12(2)3)13(4)5/h7,9,11-13H,6,8,10H2,1-5H3,(H,17,21). The summed E-state index contributed by atoms with van der Waals surface area (Å²) >= 11 is 0. The highest BCUT2D eigenvalue weighted by atomic mass is 16.2. The molecule has 5 heteroatoms. The fourth-order valence-corrected chi connectivity index (χ4v) is 2.42. The normalized spacial score (nSPS) is 11.4. The summed E-state index contributed by atoms with van der Waals surface area (Å²) in [6.45, 7) is 12.5. The molecule has 0 fully saturated rings. The van der Waals surface area contributed by atoms with Crippen LogP contribution in [0.3, 0.4) is 0 Å². The van der Waals surface area contributed by atoms with Gasteiger partial charge in [0.25, 0.3) is 11.5 Å². The summed E-state index contributed by atoms with van der Waals surface area (Å²) in [5.74, 6) is -0.192. The van der Waals surface area contributed by atoms with Crippen LogP contribution >= 0.6 is 0 Å². The molecule has 1 heterocycles. The van der Waals surface area contributed by atoms with Gasteiger partial charge in [-0.1, -0.05) is 0 Å². The second kappa shape index (κ2) is 7.98. The summed E-state index contributed by atoms with van der Waals surface area (Å²) in [6.07, 6.45) is 1.66. The summed E-state index contributed by atoms with van der Waals surface area (Å²) < 4.78 is 1.57. The molecule has 0 aliphatic carbocycles. The van der Waals surface area contributed by atoms with Gasteiger partial charge in [-0.15, -0.1) is 0 Å². The van der Waals surface area contributed by atoms with Crippen LogP contribution in [-0.2, 0) is 6.54 Å². The van der Waals surface area contributed by atoms with Crippen LogP contribution < -0.4 is 10.9 Å². The lowest BCUT2D eigenvalue weighted by molar-refractivity contribution is 0.0939. The quantitative estimate of drug-likeness (QED) is 0.833. The van der Waals surface area contributed by atoms with Crippen LogP contribution in [0.25, 0.3) is 0 Å². The minimum Gasteiger partial charge on any atom is -0.351 e. The Hall–Kier alpha value is -1.62. The van der Waals surface area contributed by atoms with E-state index in [0.29, 0.717) is 30.7 Å². The molecule has 0 aliphatic rings. The number of nitrogens with one attached hydrogen (secondary N) is 1. The zero-order valence-corrected chi connectivity index (χ0v) is 13.7. The van der Waals surface area contributed by atoms with Crippen molar-refractivity contribution in [2.75, 3.05) is 13.1 Å². The lowest BCUT2D eigenvalue weighted by Crippen LogP contribution is -2.42. The minimum atomic E-state index is -0.192. The van der Waals surface area contributed by atoms with Crippen LogP contribution in [0, 0.1) is 0 Å². The molecule has 1 aromatic heterocycles. The largest absolute Gasteiger partial charge is 0.351 e. The number of pyridine rings is 1. The zero-order valence-electron chi connectivity index (χ0n) is 13.7.